The third-order valence-electron chi connectivity index (χ3n) is 1.14. The van der Waals surface area contributed by atoms with E-state index in [1.165, 1.54) is 0 Å². The molecule has 7 nitrogen and oxygen atoms in total. The summed E-state index contributed by atoms with van der Waals surface area (Å²) in [5.41, 5.74) is 0. The summed E-state index contributed by atoms with van der Waals surface area (Å²) in [5.74, 6) is -0.491. The van der Waals surface area contributed by atoms with E-state index in [9.17, 15) is 8.42 Å². The maximum Gasteiger partial charge on any atom is 0.312 e. The standard InChI is InChI=1S/C5H6N2O5S/c8-5(9)4-6-2-1-3(7-4)13(10,11)12/h1-2,5,8-9H,(H,10,11,12). The van der Waals surface area contributed by atoms with Gasteiger partial charge in [-0.15, -0.1) is 0 Å². The van der Waals surface area contributed by atoms with Crippen molar-refractivity contribution in [2.45, 2.75) is 11.3 Å². The molecule has 0 atom stereocenters. The van der Waals surface area contributed by atoms with Crippen molar-refractivity contribution in [2.24, 2.45) is 0 Å². The van der Waals surface area contributed by atoms with Crippen molar-refractivity contribution in [3.05, 3.63) is 18.1 Å². The Kier molecular flexibility index (Phi) is 2.57. The Hall–Kier alpha value is -1.09. The summed E-state index contributed by atoms with van der Waals surface area (Å²) in [7, 11) is -4.43. The lowest BCUT2D eigenvalue weighted by atomic mass is 10.5. The van der Waals surface area contributed by atoms with Crippen LogP contribution in [-0.4, -0.2) is 33.2 Å². The van der Waals surface area contributed by atoms with Crippen LogP contribution >= 0.6 is 0 Å². The minimum absolute atomic E-state index is 0.491. The fourth-order valence-corrected chi connectivity index (χ4v) is 1.07. The molecule has 0 bridgehead atoms. The van der Waals surface area contributed by atoms with E-state index in [1.54, 1.807) is 0 Å². The molecule has 0 fully saturated rings. The van der Waals surface area contributed by atoms with Crippen LogP contribution in [0.1, 0.15) is 12.1 Å². The lowest BCUT2D eigenvalue weighted by Crippen LogP contribution is -2.08. The van der Waals surface area contributed by atoms with Gasteiger partial charge < -0.3 is 10.2 Å². The molecule has 0 saturated heterocycles. The van der Waals surface area contributed by atoms with Gasteiger partial charge in [0.1, 0.15) is 0 Å². The average Bonchev–Trinajstić information content (AvgIpc) is 2.03. The molecule has 3 N–H and O–H groups in total. The average molecular weight is 206 g/mol. The highest BCUT2D eigenvalue weighted by molar-refractivity contribution is 7.85. The molecule has 0 aromatic carbocycles. The minimum Gasteiger partial charge on any atom is -0.362 e. The quantitative estimate of drug-likeness (QED) is 0.312. The van der Waals surface area contributed by atoms with Crippen molar-refractivity contribution in [1.82, 2.24) is 9.97 Å². The van der Waals surface area contributed by atoms with Gasteiger partial charge in [-0.25, -0.2) is 9.97 Å². The van der Waals surface area contributed by atoms with E-state index in [0.717, 1.165) is 12.3 Å². The Morgan fingerprint density at radius 3 is 2.46 bits per heavy atom. The molecular formula is C5H6N2O5S. The molecule has 13 heavy (non-hydrogen) atoms. The summed E-state index contributed by atoms with van der Waals surface area (Å²) in [6.45, 7) is 0. The molecule has 1 heterocycles. The van der Waals surface area contributed by atoms with Gasteiger partial charge in [-0.2, -0.15) is 8.42 Å². The van der Waals surface area contributed by atoms with Gasteiger partial charge in [0.25, 0.3) is 0 Å². The topological polar surface area (TPSA) is 121 Å². The van der Waals surface area contributed by atoms with Gasteiger partial charge >= 0.3 is 10.1 Å². The van der Waals surface area contributed by atoms with E-state index in [1.807, 2.05) is 0 Å². The van der Waals surface area contributed by atoms with Crippen LogP contribution in [0.5, 0.6) is 0 Å². The first-order chi connectivity index (χ1) is 5.91. The number of hydrogen-bond donors (Lipinski definition) is 3. The summed E-state index contributed by atoms with van der Waals surface area (Å²) < 4.78 is 29.5. The van der Waals surface area contributed by atoms with Gasteiger partial charge in [-0.1, -0.05) is 0 Å². The van der Waals surface area contributed by atoms with Gasteiger partial charge in [0.15, 0.2) is 10.9 Å². The second-order valence-corrected chi connectivity index (χ2v) is 3.47. The second kappa shape index (κ2) is 3.34. The van der Waals surface area contributed by atoms with Gasteiger partial charge in [0, 0.05) is 6.20 Å². The molecule has 8 heteroatoms. The van der Waals surface area contributed by atoms with E-state index in [0.29, 0.717) is 0 Å². The van der Waals surface area contributed by atoms with Crippen molar-refractivity contribution >= 4 is 10.1 Å². The van der Waals surface area contributed by atoms with E-state index < -0.39 is 27.3 Å². The van der Waals surface area contributed by atoms with Crippen molar-refractivity contribution < 1.29 is 23.2 Å². The van der Waals surface area contributed by atoms with Crippen molar-refractivity contribution in [2.75, 3.05) is 0 Å². The van der Waals surface area contributed by atoms with E-state index in [-0.39, 0.29) is 0 Å². The van der Waals surface area contributed by atoms with Gasteiger partial charge in [0.2, 0.25) is 6.29 Å². The van der Waals surface area contributed by atoms with Gasteiger partial charge in [0.05, 0.1) is 0 Å². The van der Waals surface area contributed by atoms with Crippen molar-refractivity contribution in [1.29, 1.82) is 0 Å². The Bertz CT molecular complexity index is 401. The van der Waals surface area contributed by atoms with Gasteiger partial charge in [-0.3, -0.25) is 4.55 Å². The molecule has 0 aliphatic rings. The van der Waals surface area contributed by atoms with Crippen LogP contribution in [0.3, 0.4) is 0 Å². The first kappa shape index (κ1) is 9.99. The third kappa shape index (κ3) is 2.42. The Morgan fingerprint density at radius 2 is 2.00 bits per heavy atom. The molecule has 0 radical (unpaired) electrons. The number of aromatic nitrogens is 2. The predicted octanol–water partition coefficient (Wildman–Crippen LogP) is -1.29. The van der Waals surface area contributed by atoms with Crippen LogP contribution in [0.25, 0.3) is 0 Å². The van der Waals surface area contributed by atoms with Crippen molar-refractivity contribution in [3.8, 4) is 0 Å². The summed E-state index contributed by atoms with van der Waals surface area (Å²) in [4.78, 5) is 6.56. The maximum absolute atomic E-state index is 10.5. The largest absolute Gasteiger partial charge is 0.362 e. The Balaban J connectivity index is 3.21. The first-order valence-corrected chi connectivity index (χ1v) is 4.52. The molecule has 0 aliphatic heterocycles. The molecule has 72 valence electrons. The third-order valence-corrected chi connectivity index (χ3v) is 1.90. The van der Waals surface area contributed by atoms with Crippen LogP contribution in [0.2, 0.25) is 0 Å². The molecule has 0 saturated carbocycles. The SMILES string of the molecule is O=S(=O)(O)c1ccnc(C(O)O)n1. The number of rotatable bonds is 2. The van der Waals surface area contributed by atoms with Crippen LogP contribution in [0.4, 0.5) is 0 Å². The van der Waals surface area contributed by atoms with Crippen molar-refractivity contribution in [3.63, 3.8) is 0 Å². The summed E-state index contributed by atoms with van der Waals surface area (Å²) >= 11 is 0. The summed E-state index contributed by atoms with van der Waals surface area (Å²) in [5, 5.41) is 16.5. The van der Waals surface area contributed by atoms with Crippen LogP contribution in [0.15, 0.2) is 17.3 Å². The zero-order valence-corrected chi connectivity index (χ0v) is 7.01. The Morgan fingerprint density at radius 1 is 1.38 bits per heavy atom. The summed E-state index contributed by atoms with van der Waals surface area (Å²) in [6, 6.07) is 0.932. The molecule has 0 aliphatic carbocycles. The molecular weight excluding hydrogens is 200 g/mol. The first-order valence-electron chi connectivity index (χ1n) is 3.08. The number of aliphatic hydroxyl groups is 2. The van der Waals surface area contributed by atoms with Crippen LogP contribution in [0, 0.1) is 0 Å². The van der Waals surface area contributed by atoms with Crippen LogP contribution < -0.4 is 0 Å². The Labute approximate surface area is 73.5 Å². The van der Waals surface area contributed by atoms with E-state index in [2.05, 4.69) is 9.97 Å². The molecule has 1 rings (SSSR count). The highest BCUT2D eigenvalue weighted by atomic mass is 32.2. The summed E-state index contributed by atoms with van der Waals surface area (Å²) in [6.07, 6.45) is -0.980. The molecule has 0 spiro atoms. The fraction of sp³-hybridized carbons (Fsp3) is 0.200. The lowest BCUT2D eigenvalue weighted by Gasteiger charge is -2.01. The van der Waals surface area contributed by atoms with E-state index >= 15 is 0 Å². The second-order valence-electron chi connectivity index (χ2n) is 2.10. The minimum atomic E-state index is -4.43. The normalized spacial score (nSPS) is 12.0. The molecule has 0 amide bonds. The smallest absolute Gasteiger partial charge is 0.312 e. The molecule has 1 aromatic heterocycles. The van der Waals surface area contributed by atoms with Gasteiger partial charge in [-0.05, 0) is 6.07 Å². The number of aliphatic hydroxyl groups excluding tert-OH is 1. The lowest BCUT2D eigenvalue weighted by molar-refractivity contribution is -0.0498. The highest BCUT2D eigenvalue weighted by Gasteiger charge is 2.14. The molecule has 1 aromatic rings. The predicted molar refractivity (Wildman–Crippen MR) is 39.0 cm³/mol. The molecule has 0 unspecified atom stereocenters. The number of hydrogen-bond acceptors (Lipinski definition) is 6. The zero-order valence-electron chi connectivity index (χ0n) is 6.19. The number of nitrogens with zero attached hydrogens (tertiary/aromatic N) is 2. The zero-order chi connectivity index (χ0) is 10.1. The van der Waals surface area contributed by atoms with E-state index in [4.69, 9.17) is 14.8 Å². The maximum atomic E-state index is 10.5. The highest BCUT2D eigenvalue weighted by Crippen LogP contribution is 2.07. The fourth-order valence-electron chi connectivity index (χ4n) is 0.624. The van der Waals surface area contributed by atoms with Crippen LogP contribution in [-0.2, 0) is 10.1 Å². The monoisotopic (exact) mass is 206 g/mol.